The van der Waals surface area contributed by atoms with Gasteiger partial charge in [-0.05, 0) is 29.7 Å². The van der Waals surface area contributed by atoms with Gasteiger partial charge >= 0.3 is 0 Å². The van der Waals surface area contributed by atoms with Crippen LogP contribution in [0, 0.1) is 0 Å². The first kappa shape index (κ1) is 19.3. The van der Waals surface area contributed by atoms with Crippen LogP contribution < -0.4 is 10.1 Å². The number of imide groups is 1. The van der Waals surface area contributed by atoms with Crippen molar-refractivity contribution in [1.82, 2.24) is 15.1 Å². The van der Waals surface area contributed by atoms with Crippen LogP contribution in [-0.4, -0.2) is 59.9 Å². The van der Waals surface area contributed by atoms with Crippen LogP contribution in [0.5, 0.6) is 5.75 Å². The Morgan fingerprint density at radius 3 is 2.58 bits per heavy atom. The number of amides is 3. The van der Waals surface area contributed by atoms with E-state index in [0.717, 1.165) is 11.1 Å². The molecule has 33 heavy (non-hydrogen) atoms. The summed E-state index contributed by atoms with van der Waals surface area (Å²) in [6.07, 6.45) is 0.518. The highest BCUT2D eigenvalue weighted by molar-refractivity contribution is 6.05. The molecule has 0 spiro atoms. The van der Waals surface area contributed by atoms with Crippen LogP contribution >= 0.6 is 0 Å². The molecule has 0 saturated carbocycles. The molecule has 1 atom stereocenters. The van der Waals surface area contributed by atoms with E-state index in [9.17, 15) is 14.4 Å². The van der Waals surface area contributed by atoms with E-state index in [1.807, 2.05) is 12.1 Å². The number of hydrogen-bond donors (Lipinski definition) is 1. The quantitative estimate of drug-likeness (QED) is 0.675. The summed E-state index contributed by atoms with van der Waals surface area (Å²) in [5.74, 6) is -0.432. The van der Waals surface area contributed by atoms with Gasteiger partial charge in [-0.15, -0.1) is 0 Å². The minimum atomic E-state index is -1.58. The van der Waals surface area contributed by atoms with Crippen molar-refractivity contribution in [3.63, 3.8) is 0 Å². The van der Waals surface area contributed by atoms with Gasteiger partial charge in [0.05, 0.1) is 19.8 Å². The van der Waals surface area contributed by atoms with Crippen LogP contribution in [0.4, 0.5) is 0 Å². The van der Waals surface area contributed by atoms with Crippen molar-refractivity contribution in [2.75, 3.05) is 26.3 Å². The van der Waals surface area contributed by atoms with E-state index in [-0.39, 0.29) is 31.4 Å². The normalized spacial score (nSPS) is 22.5. The molecule has 3 aliphatic heterocycles. The van der Waals surface area contributed by atoms with Crippen molar-refractivity contribution in [2.24, 2.45) is 0 Å². The molecule has 0 aromatic heterocycles. The average molecular weight is 452 g/mol. The molecule has 2 aromatic rings. The molecule has 8 heteroatoms. The van der Waals surface area contributed by atoms with Gasteiger partial charge in [0.15, 0.2) is 0 Å². The van der Waals surface area contributed by atoms with Crippen molar-refractivity contribution in [3.8, 4) is 5.75 Å². The smallest absolute Gasteiger partial charge is 0.255 e. The molecule has 0 radical (unpaired) electrons. The first-order chi connectivity index (χ1) is 16.8. The molecule has 8 nitrogen and oxygen atoms in total. The molecular weight excluding hydrogens is 422 g/mol. The number of nitrogens with zero attached hydrogens (tertiary/aromatic N) is 2. The predicted octanol–water partition coefficient (Wildman–Crippen LogP) is 1.86. The third-order valence-electron chi connectivity index (χ3n) is 6.19. The van der Waals surface area contributed by atoms with Gasteiger partial charge in [0.2, 0.25) is 11.8 Å². The predicted molar refractivity (Wildman–Crippen MR) is 119 cm³/mol. The van der Waals surface area contributed by atoms with Gasteiger partial charge in [-0.3, -0.25) is 24.6 Å². The van der Waals surface area contributed by atoms with Gasteiger partial charge in [-0.25, -0.2) is 0 Å². The average Bonchev–Trinajstić information content (AvgIpc) is 3.20. The molecule has 3 heterocycles. The van der Waals surface area contributed by atoms with Gasteiger partial charge in [0.25, 0.3) is 5.91 Å². The summed E-state index contributed by atoms with van der Waals surface area (Å²) in [7, 11) is 0. The Bertz CT molecular complexity index is 1150. The maximum absolute atomic E-state index is 13.0. The van der Waals surface area contributed by atoms with Crippen molar-refractivity contribution < 1.29 is 26.6 Å². The second-order valence-electron chi connectivity index (χ2n) is 8.38. The third kappa shape index (κ3) is 4.62. The van der Waals surface area contributed by atoms with Crippen LogP contribution in [-0.2, 0) is 34.0 Å². The summed E-state index contributed by atoms with van der Waals surface area (Å²) < 4.78 is 28.4. The Morgan fingerprint density at radius 2 is 1.82 bits per heavy atom. The highest BCUT2D eigenvalue weighted by Crippen LogP contribution is 2.34. The lowest BCUT2D eigenvalue weighted by Gasteiger charge is -2.29. The monoisotopic (exact) mass is 451 g/mol. The van der Waals surface area contributed by atoms with E-state index in [1.165, 1.54) is 4.90 Å². The number of rotatable bonds is 6. The maximum atomic E-state index is 13.0. The molecule has 3 amide bonds. The first-order valence-electron chi connectivity index (χ1n) is 12.2. The zero-order valence-corrected chi connectivity index (χ0v) is 18.2. The van der Waals surface area contributed by atoms with Gasteiger partial charge in [0.1, 0.15) is 18.4 Å². The topological polar surface area (TPSA) is 88.2 Å². The van der Waals surface area contributed by atoms with Crippen LogP contribution in [0.15, 0.2) is 42.5 Å². The summed E-state index contributed by atoms with van der Waals surface area (Å²) >= 11 is 0. The lowest BCUT2D eigenvalue weighted by Crippen LogP contribution is -2.52. The Morgan fingerprint density at radius 1 is 1.06 bits per heavy atom. The molecule has 1 N–H and O–H groups in total. The zero-order chi connectivity index (χ0) is 24.6. The molecule has 0 unspecified atom stereocenters. The number of morpholine rings is 1. The molecule has 2 fully saturated rings. The second-order valence-corrected chi connectivity index (χ2v) is 8.38. The van der Waals surface area contributed by atoms with Crippen LogP contribution in [0.3, 0.4) is 0 Å². The number of benzene rings is 2. The SMILES string of the molecule is [2H]C([2H])(c1ccc(COc2cccc3c2CN([C@@H]2CCC(=O)NC2=O)C3=O)cc1)N1CCOCC1. The molecule has 2 aromatic carbocycles. The molecule has 2 saturated heterocycles. The van der Waals surface area contributed by atoms with Crippen molar-refractivity contribution in [2.45, 2.75) is 38.5 Å². The van der Waals surface area contributed by atoms with Crippen molar-refractivity contribution in [3.05, 3.63) is 64.7 Å². The lowest BCUT2D eigenvalue weighted by atomic mass is 10.0. The Kier molecular flexibility index (Phi) is 5.44. The fraction of sp³-hybridized carbons (Fsp3) is 0.400. The molecule has 0 bridgehead atoms. The van der Waals surface area contributed by atoms with Gasteiger partial charge < -0.3 is 14.4 Å². The Hall–Kier alpha value is -3.23. The van der Waals surface area contributed by atoms with E-state index < -0.39 is 18.4 Å². The molecule has 0 aliphatic carbocycles. The van der Waals surface area contributed by atoms with Gasteiger partial charge in [0, 0.05) is 39.9 Å². The van der Waals surface area contributed by atoms with E-state index in [0.29, 0.717) is 49.6 Å². The summed E-state index contributed by atoms with van der Waals surface area (Å²) in [5.41, 5.74) is 2.67. The minimum Gasteiger partial charge on any atom is -0.489 e. The highest BCUT2D eigenvalue weighted by Gasteiger charge is 2.40. The lowest BCUT2D eigenvalue weighted by molar-refractivity contribution is -0.136. The number of ether oxygens (including phenoxy) is 2. The standard InChI is InChI=1S/C25H27N3O5/c29-23-9-8-21(24(30)26-23)28-15-20-19(25(28)31)2-1-3-22(20)33-16-18-6-4-17(5-7-18)14-27-10-12-32-13-11-27/h1-7,21H,8-16H2,(H,26,29,30)/t21-/m1/s1/i14D2. The van der Waals surface area contributed by atoms with Gasteiger partial charge in [-0.2, -0.15) is 0 Å². The number of nitrogens with one attached hydrogen (secondary N) is 1. The summed E-state index contributed by atoms with van der Waals surface area (Å²) in [5, 5.41) is 2.31. The van der Waals surface area contributed by atoms with Crippen LogP contribution in [0.2, 0.25) is 0 Å². The van der Waals surface area contributed by atoms with Crippen molar-refractivity contribution >= 4 is 17.7 Å². The minimum absolute atomic E-state index is 0.208. The largest absolute Gasteiger partial charge is 0.489 e. The molecule has 172 valence electrons. The Labute approximate surface area is 195 Å². The number of hydrogen-bond acceptors (Lipinski definition) is 6. The summed E-state index contributed by atoms with van der Waals surface area (Å²) in [4.78, 5) is 40.0. The number of carbonyl (C=O) groups is 3. The number of piperidine rings is 1. The third-order valence-corrected chi connectivity index (χ3v) is 6.19. The molecule has 5 rings (SSSR count). The first-order valence-corrected chi connectivity index (χ1v) is 11.2. The molecular formula is C25H27N3O5. The van der Waals surface area contributed by atoms with Crippen LogP contribution in [0.1, 0.15) is 42.6 Å². The van der Waals surface area contributed by atoms with E-state index >= 15 is 0 Å². The van der Waals surface area contributed by atoms with Crippen molar-refractivity contribution in [1.29, 1.82) is 0 Å². The number of fused-ring (bicyclic) bond motifs is 1. The summed E-state index contributed by atoms with van der Waals surface area (Å²) in [6, 6.07) is 11.8. The van der Waals surface area contributed by atoms with E-state index in [1.54, 1.807) is 35.2 Å². The number of carbonyl (C=O) groups excluding carboxylic acids is 3. The fourth-order valence-electron chi connectivity index (χ4n) is 4.39. The second kappa shape index (κ2) is 9.33. The fourth-order valence-corrected chi connectivity index (χ4v) is 4.39. The summed E-state index contributed by atoms with van der Waals surface area (Å²) in [6.45, 7) is 1.06. The molecule has 3 aliphatic rings. The van der Waals surface area contributed by atoms with Crippen LogP contribution in [0.25, 0.3) is 0 Å². The van der Waals surface area contributed by atoms with E-state index in [4.69, 9.17) is 12.2 Å². The zero-order valence-electron chi connectivity index (χ0n) is 20.2. The maximum Gasteiger partial charge on any atom is 0.255 e. The Balaban J connectivity index is 1.26. The van der Waals surface area contributed by atoms with E-state index in [2.05, 4.69) is 5.32 Å². The van der Waals surface area contributed by atoms with Gasteiger partial charge in [-0.1, -0.05) is 30.3 Å². The highest BCUT2D eigenvalue weighted by atomic mass is 16.5.